The van der Waals surface area contributed by atoms with E-state index in [0.717, 1.165) is 12.2 Å². The van der Waals surface area contributed by atoms with Gasteiger partial charge in [0, 0.05) is 12.2 Å². The Labute approximate surface area is 96.3 Å². The number of carboxylic acid groups (broad SMARTS) is 1. The summed E-state index contributed by atoms with van der Waals surface area (Å²) in [7, 11) is 0. The van der Waals surface area contributed by atoms with E-state index in [0.29, 0.717) is 6.42 Å². The van der Waals surface area contributed by atoms with Gasteiger partial charge in [-0.15, -0.1) is 0 Å². The highest BCUT2D eigenvalue weighted by molar-refractivity contribution is 5.90. The molecular formula is C12H20O4. The predicted molar refractivity (Wildman–Crippen MR) is 61.0 cm³/mol. The number of carboxylic acids is 1. The smallest absolute Gasteiger partial charge is 0.331 e. The first-order chi connectivity index (χ1) is 7.02. The SMILES string of the molecule is CC(C)(C)CC(C)(C)OC(=O)/C=C/C(=O)O. The van der Waals surface area contributed by atoms with Crippen molar-refractivity contribution in [3.8, 4) is 0 Å². The number of carbonyl (C=O) groups excluding carboxylic acids is 1. The first-order valence-electron chi connectivity index (χ1n) is 5.16. The Balaban J connectivity index is 4.37. The van der Waals surface area contributed by atoms with Crippen LogP contribution in [0.1, 0.15) is 41.0 Å². The van der Waals surface area contributed by atoms with E-state index in [9.17, 15) is 9.59 Å². The number of esters is 1. The van der Waals surface area contributed by atoms with E-state index < -0.39 is 17.5 Å². The fourth-order valence-electron chi connectivity index (χ4n) is 1.76. The average Bonchev–Trinajstić information content (AvgIpc) is 1.94. The fraction of sp³-hybridized carbons (Fsp3) is 0.667. The predicted octanol–water partition coefficient (Wildman–Crippen LogP) is 2.39. The van der Waals surface area contributed by atoms with E-state index >= 15 is 0 Å². The van der Waals surface area contributed by atoms with Crippen molar-refractivity contribution in [2.24, 2.45) is 5.41 Å². The molecule has 0 heterocycles. The number of carbonyl (C=O) groups is 2. The maximum atomic E-state index is 11.3. The van der Waals surface area contributed by atoms with Gasteiger partial charge in [0.25, 0.3) is 0 Å². The van der Waals surface area contributed by atoms with Gasteiger partial charge in [-0.1, -0.05) is 20.8 Å². The van der Waals surface area contributed by atoms with Gasteiger partial charge in [0.05, 0.1) is 0 Å². The van der Waals surface area contributed by atoms with Crippen molar-refractivity contribution in [1.29, 1.82) is 0 Å². The van der Waals surface area contributed by atoms with Crippen LogP contribution in [0, 0.1) is 5.41 Å². The van der Waals surface area contributed by atoms with Crippen LogP contribution in [-0.2, 0) is 14.3 Å². The molecule has 0 aliphatic rings. The third-order valence-corrected chi connectivity index (χ3v) is 1.69. The molecule has 4 heteroatoms. The van der Waals surface area contributed by atoms with Gasteiger partial charge in [0.1, 0.15) is 5.60 Å². The summed E-state index contributed by atoms with van der Waals surface area (Å²) < 4.78 is 5.18. The fourth-order valence-corrected chi connectivity index (χ4v) is 1.76. The van der Waals surface area contributed by atoms with E-state index in [4.69, 9.17) is 9.84 Å². The standard InChI is InChI=1S/C12H20O4/c1-11(2,3)8-12(4,5)16-10(15)7-6-9(13)14/h6-7H,8H2,1-5H3,(H,13,14)/b7-6+. The molecule has 0 radical (unpaired) electrons. The molecule has 0 atom stereocenters. The number of ether oxygens (including phenoxy) is 1. The lowest BCUT2D eigenvalue weighted by atomic mass is 9.84. The van der Waals surface area contributed by atoms with Crippen molar-refractivity contribution in [2.75, 3.05) is 0 Å². The third kappa shape index (κ3) is 8.03. The molecule has 0 aromatic heterocycles. The van der Waals surface area contributed by atoms with Gasteiger partial charge >= 0.3 is 11.9 Å². The summed E-state index contributed by atoms with van der Waals surface area (Å²) in [6.07, 6.45) is 2.40. The van der Waals surface area contributed by atoms with Crippen LogP contribution in [0.2, 0.25) is 0 Å². The summed E-state index contributed by atoms with van der Waals surface area (Å²) in [6.45, 7) is 9.77. The second-order valence-corrected chi connectivity index (χ2v) is 5.59. The van der Waals surface area contributed by atoms with Crippen molar-refractivity contribution in [1.82, 2.24) is 0 Å². The zero-order valence-electron chi connectivity index (χ0n) is 10.5. The lowest BCUT2D eigenvalue weighted by Gasteiger charge is -2.31. The molecule has 0 rings (SSSR count). The molecule has 4 nitrogen and oxygen atoms in total. The molecule has 0 saturated carbocycles. The maximum Gasteiger partial charge on any atom is 0.331 e. The molecule has 0 aromatic rings. The normalized spacial score (nSPS) is 12.8. The zero-order valence-corrected chi connectivity index (χ0v) is 10.5. The van der Waals surface area contributed by atoms with Crippen LogP contribution in [0.3, 0.4) is 0 Å². The monoisotopic (exact) mass is 228 g/mol. The minimum absolute atomic E-state index is 0.0420. The molecule has 0 aliphatic heterocycles. The average molecular weight is 228 g/mol. The summed E-state index contributed by atoms with van der Waals surface area (Å²) in [5, 5.41) is 8.35. The Morgan fingerprint density at radius 3 is 2.00 bits per heavy atom. The number of hydrogen-bond donors (Lipinski definition) is 1. The van der Waals surface area contributed by atoms with Crippen molar-refractivity contribution in [3.05, 3.63) is 12.2 Å². The van der Waals surface area contributed by atoms with Crippen LogP contribution < -0.4 is 0 Å². The zero-order chi connectivity index (χ0) is 13.0. The molecule has 16 heavy (non-hydrogen) atoms. The van der Waals surface area contributed by atoms with Crippen molar-refractivity contribution in [2.45, 2.75) is 46.6 Å². The second-order valence-electron chi connectivity index (χ2n) is 5.59. The summed E-state index contributed by atoms with van der Waals surface area (Å²) in [4.78, 5) is 21.5. The van der Waals surface area contributed by atoms with Crippen LogP contribution in [0.15, 0.2) is 12.2 Å². The lowest BCUT2D eigenvalue weighted by Crippen LogP contribution is -2.32. The van der Waals surface area contributed by atoms with Crippen LogP contribution in [0.5, 0.6) is 0 Å². The van der Waals surface area contributed by atoms with Gasteiger partial charge < -0.3 is 9.84 Å². The van der Waals surface area contributed by atoms with E-state index in [1.165, 1.54) is 0 Å². The first kappa shape index (κ1) is 14.7. The topological polar surface area (TPSA) is 63.6 Å². The van der Waals surface area contributed by atoms with Crippen LogP contribution >= 0.6 is 0 Å². The van der Waals surface area contributed by atoms with Gasteiger partial charge in [-0.05, 0) is 25.7 Å². The lowest BCUT2D eigenvalue weighted by molar-refractivity contribution is -0.152. The van der Waals surface area contributed by atoms with E-state index in [1.54, 1.807) is 0 Å². The van der Waals surface area contributed by atoms with Crippen molar-refractivity contribution >= 4 is 11.9 Å². The van der Waals surface area contributed by atoms with Crippen molar-refractivity contribution in [3.63, 3.8) is 0 Å². The van der Waals surface area contributed by atoms with Gasteiger partial charge in [-0.2, -0.15) is 0 Å². The van der Waals surface area contributed by atoms with Crippen molar-refractivity contribution < 1.29 is 19.4 Å². The Hall–Kier alpha value is -1.32. The highest BCUT2D eigenvalue weighted by Gasteiger charge is 2.28. The van der Waals surface area contributed by atoms with Gasteiger partial charge in [-0.3, -0.25) is 0 Å². The molecule has 92 valence electrons. The molecule has 0 unspecified atom stereocenters. The summed E-state index contributed by atoms with van der Waals surface area (Å²) in [5.74, 6) is -1.79. The highest BCUT2D eigenvalue weighted by Crippen LogP contribution is 2.29. The largest absolute Gasteiger partial charge is 0.478 e. The Bertz CT molecular complexity index is 295. The maximum absolute atomic E-state index is 11.3. The van der Waals surface area contributed by atoms with Crippen LogP contribution in [-0.4, -0.2) is 22.6 Å². The molecule has 0 saturated heterocycles. The molecule has 0 fully saturated rings. The molecular weight excluding hydrogens is 208 g/mol. The molecule has 0 bridgehead atoms. The number of rotatable bonds is 4. The summed E-state index contributed by atoms with van der Waals surface area (Å²) in [5.41, 5.74) is -0.557. The summed E-state index contributed by atoms with van der Waals surface area (Å²) >= 11 is 0. The number of aliphatic carboxylic acids is 1. The van der Waals surface area contributed by atoms with Gasteiger partial charge in [0.2, 0.25) is 0 Å². The van der Waals surface area contributed by atoms with Crippen LogP contribution in [0.4, 0.5) is 0 Å². The Morgan fingerprint density at radius 1 is 1.12 bits per heavy atom. The molecule has 0 aromatic carbocycles. The molecule has 0 amide bonds. The van der Waals surface area contributed by atoms with E-state index in [1.807, 2.05) is 13.8 Å². The minimum Gasteiger partial charge on any atom is -0.478 e. The van der Waals surface area contributed by atoms with E-state index in [-0.39, 0.29) is 5.41 Å². The molecule has 0 aliphatic carbocycles. The Morgan fingerprint density at radius 2 is 1.62 bits per heavy atom. The molecule has 1 N–H and O–H groups in total. The van der Waals surface area contributed by atoms with Gasteiger partial charge in [-0.25, -0.2) is 9.59 Å². The van der Waals surface area contributed by atoms with Crippen LogP contribution in [0.25, 0.3) is 0 Å². The minimum atomic E-state index is -1.16. The molecule has 0 spiro atoms. The Kier molecular flexibility index (Phi) is 4.72. The third-order valence-electron chi connectivity index (χ3n) is 1.69. The quantitative estimate of drug-likeness (QED) is 0.592. The first-order valence-corrected chi connectivity index (χ1v) is 5.16. The van der Waals surface area contributed by atoms with Gasteiger partial charge in [0.15, 0.2) is 0 Å². The van der Waals surface area contributed by atoms with E-state index in [2.05, 4.69) is 20.8 Å². The second kappa shape index (κ2) is 5.14. The highest BCUT2D eigenvalue weighted by atomic mass is 16.6. The summed E-state index contributed by atoms with van der Waals surface area (Å²) in [6, 6.07) is 0. The number of hydrogen-bond acceptors (Lipinski definition) is 3.